The number of fused-ring (bicyclic) bond motifs is 8. The van der Waals surface area contributed by atoms with Crippen LogP contribution < -0.4 is 0 Å². The van der Waals surface area contributed by atoms with Crippen LogP contribution in [-0.4, -0.2) is 207 Å². The Morgan fingerprint density at radius 3 is 1.26 bits per heavy atom. The summed E-state index contributed by atoms with van der Waals surface area (Å²) in [4.78, 5) is 158. The third-order valence-corrected chi connectivity index (χ3v) is 22.0. The molecule has 2 aromatic carbocycles. The number of aliphatic hydroxyl groups is 3. The molecular formula is C70H82O30. The first-order chi connectivity index (χ1) is 46.6. The predicted molar refractivity (Wildman–Crippen MR) is 332 cm³/mol. The third kappa shape index (κ3) is 11.1. The molecule has 4 heterocycles. The summed E-state index contributed by atoms with van der Waals surface area (Å²) in [5.74, 6) is -9.64. The van der Waals surface area contributed by atoms with Gasteiger partial charge in [-0.05, 0) is 95.0 Å². The van der Waals surface area contributed by atoms with Crippen LogP contribution in [0.25, 0.3) is 0 Å². The van der Waals surface area contributed by atoms with Gasteiger partial charge in [0.15, 0.2) is 59.4 Å². The summed E-state index contributed by atoms with van der Waals surface area (Å²) in [5, 5.41) is 42.3. The van der Waals surface area contributed by atoms with Crippen LogP contribution in [0.5, 0.6) is 0 Å². The van der Waals surface area contributed by atoms with Gasteiger partial charge in [-0.15, -0.1) is 0 Å². The number of carboxylic acid groups (broad SMARTS) is 1. The van der Waals surface area contributed by atoms with Gasteiger partial charge in [0.25, 0.3) is 6.47 Å². The van der Waals surface area contributed by atoms with E-state index in [0.29, 0.717) is 0 Å². The van der Waals surface area contributed by atoms with Crippen molar-refractivity contribution in [3.05, 3.63) is 94.1 Å². The number of ketones is 2. The number of rotatable bonds is 9. The van der Waals surface area contributed by atoms with E-state index in [1.807, 2.05) is 0 Å². The molecule has 8 fully saturated rings. The highest BCUT2D eigenvalue weighted by molar-refractivity contribution is 5.97. The number of carbonyl (C=O) groups excluding carboxylic acids is 11. The fourth-order valence-electron chi connectivity index (χ4n) is 17.8. The summed E-state index contributed by atoms with van der Waals surface area (Å²) in [7, 11) is 0. The highest BCUT2D eigenvalue weighted by atomic mass is 16.8. The first-order valence-electron chi connectivity index (χ1n) is 32.4. The molecule has 542 valence electrons. The van der Waals surface area contributed by atoms with Gasteiger partial charge in [0.1, 0.15) is 36.1 Å². The van der Waals surface area contributed by atoms with Gasteiger partial charge in [-0.3, -0.25) is 33.6 Å². The Balaban J connectivity index is 0.000000210. The first kappa shape index (κ1) is 73.9. The Bertz CT molecular complexity index is 3790. The second-order valence-corrected chi connectivity index (χ2v) is 29.2. The van der Waals surface area contributed by atoms with Crippen molar-refractivity contribution in [3.63, 3.8) is 0 Å². The van der Waals surface area contributed by atoms with E-state index in [0.717, 1.165) is 20.8 Å². The van der Waals surface area contributed by atoms with Crippen LogP contribution in [0.4, 0.5) is 14.4 Å². The van der Waals surface area contributed by atoms with Crippen molar-refractivity contribution in [1.82, 2.24) is 0 Å². The number of carbonyl (C=O) groups is 12. The molecule has 100 heavy (non-hydrogen) atoms. The molecule has 12 rings (SSSR count). The van der Waals surface area contributed by atoms with Crippen LogP contribution in [-0.2, 0) is 99.9 Å². The Morgan fingerprint density at radius 1 is 0.540 bits per heavy atom. The van der Waals surface area contributed by atoms with E-state index in [1.165, 1.54) is 58.9 Å². The van der Waals surface area contributed by atoms with Gasteiger partial charge in [0.2, 0.25) is 11.2 Å². The topological polar surface area (TPSA) is 415 Å². The lowest BCUT2D eigenvalue weighted by molar-refractivity contribution is -0.346. The molecule has 30 heteroatoms. The Morgan fingerprint density at radius 2 is 0.910 bits per heavy atom. The fourth-order valence-corrected chi connectivity index (χ4v) is 17.8. The standard InChI is InChI=1S/C37H44O15.C32H36O13.CH2O2/c1-17-23-25(46-18(2)38)27(41)35(9)21(47-31(43)51-33(4,5)6)15-22-36(16-45-22,50-19(3)39)26(35)29(48-30(42)20-13-11-10-12-14-20)37(34(23,7)8)28(24(17)40)49-32(44)52-37;1-14-20-22(41-15(2)33)24(37)30(6)18(35)12-19-31(13-40-19,44-16(3)34)23(30)26(42-27(38)17-10-8-7-9-11-17)32(29(20,4)5)25(21(14)36)43-28(39)45-32;2-1-3/h10-14,21-22,24-26,28-29,40H,15-16H2,1-9H3;7-11,18-19,21-23,25-26,35-36H,12-13H2,1-6H3;1H,(H,2,3)/t21-,22+,24?,25+,26?,28-,29-,35+,36-,37+;18-,19+,21?,22+,23?,25-,26-,30+,31-,32+;/m00./s1. The van der Waals surface area contributed by atoms with Crippen molar-refractivity contribution in [1.29, 1.82) is 0 Å². The van der Waals surface area contributed by atoms with Crippen LogP contribution in [0.15, 0.2) is 83.0 Å². The molecule has 20 atom stereocenters. The van der Waals surface area contributed by atoms with Gasteiger partial charge < -0.3 is 86.7 Å². The van der Waals surface area contributed by atoms with Gasteiger partial charge in [0.05, 0.1) is 53.1 Å². The Hall–Kier alpha value is -8.84. The van der Waals surface area contributed by atoms with E-state index in [-0.39, 0.29) is 65.9 Å². The van der Waals surface area contributed by atoms with Crippen molar-refractivity contribution in [2.45, 2.75) is 218 Å². The zero-order valence-corrected chi connectivity index (χ0v) is 57.7. The van der Waals surface area contributed by atoms with E-state index in [9.17, 15) is 63.3 Å². The Labute approximate surface area is 573 Å². The lowest BCUT2D eigenvalue weighted by atomic mass is 9.44. The number of benzene rings is 2. The molecule has 4 bridgehead atoms. The molecule has 2 spiro atoms. The van der Waals surface area contributed by atoms with E-state index < -0.39 is 201 Å². The van der Waals surface area contributed by atoms with Crippen molar-refractivity contribution >= 4 is 72.3 Å². The van der Waals surface area contributed by atoms with Gasteiger partial charge in [0, 0.05) is 51.4 Å². The molecule has 2 aromatic rings. The monoisotopic (exact) mass is 1400 g/mol. The molecule has 10 aliphatic rings. The SMILES string of the molecule is CC(=O)O[C@H]1C(=O)[C@@]2(C)C([C@H](OC(=O)c3ccccc3)[C@]34OC(=O)O[C@H]3C(O)C(C)=C1C4(C)C)[C@]1(OC(C)=O)CO[C@@H]1C[C@@H]2O.CC(=O)O[C@H]1C(=O)[C@@]2(C)C([C@H](OC(=O)c3ccccc3)[C@]34OC(=O)O[C@H]3C(O)C(C)=C1C4(C)C)[C@]1(OC(C)=O)CO[C@@H]1C[C@@H]2OC(=O)OC(C)(C)C.O=CO. The Kier molecular flexibility index (Phi) is 18.9. The summed E-state index contributed by atoms with van der Waals surface area (Å²) < 4.78 is 83.2. The normalized spacial score (nSPS) is 37.9. The number of esters is 6. The third-order valence-electron chi connectivity index (χ3n) is 22.0. The molecule has 4 saturated carbocycles. The van der Waals surface area contributed by atoms with Crippen LogP contribution >= 0.6 is 0 Å². The van der Waals surface area contributed by atoms with Gasteiger partial charge in [-0.2, -0.15) is 0 Å². The summed E-state index contributed by atoms with van der Waals surface area (Å²) >= 11 is 0. The largest absolute Gasteiger partial charge is 0.509 e. The maximum Gasteiger partial charge on any atom is 0.509 e. The summed E-state index contributed by atoms with van der Waals surface area (Å²) in [6, 6.07) is 15.8. The minimum Gasteiger partial charge on any atom is -0.483 e. The number of Topliss-reactive ketones (excluding diaryl/α,β-unsaturated/α-hetero) is 2. The molecule has 0 radical (unpaired) electrons. The van der Waals surface area contributed by atoms with E-state index in [2.05, 4.69) is 0 Å². The fraction of sp³-hybridized carbons (Fsp3) is 0.600. The van der Waals surface area contributed by atoms with Crippen LogP contribution in [0, 0.1) is 33.5 Å². The van der Waals surface area contributed by atoms with Crippen LogP contribution in [0.1, 0.15) is 137 Å². The zero-order chi connectivity index (χ0) is 73.9. The van der Waals surface area contributed by atoms with Crippen molar-refractivity contribution in [3.8, 4) is 0 Å². The molecule has 6 aliphatic carbocycles. The highest BCUT2D eigenvalue weighted by Gasteiger charge is 2.86. The zero-order valence-electron chi connectivity index (χ0n) is 57.7. The average Bonchev–Trinajstić information content (AvgIpc) is 1.11. The van der Waals surface area contributed by atoms with E-state index in [1.54, 1.807) is 84.9 Å². The second-order valence-electron chi connectivity index (χ2n) is 29.2. The minimum atomic E-state index is -2.19. The van der Waals surface area contributed by atoms with Crippen molar-refractivity contribution in [2.75, 3.05) is 13.2 Å². The molecular weight excluding hydrogens is 1320 g/mol. The first-order valence-corrected chi connectivity index (χ1v) is 32.4. The van der Waals surface area contributed by atoms with Crippen molar-refractivity contribution in [2.24, 2.45) is 33.5 Å². The lowest BCUT2D eigenvalue weighted by Crippen LogP contribution is -2.83. The van der Waals surface area contributed by atoms with E-state index >= 15 is 4.79 Å². The smallest absolute Gasteiger partial charge is 0.483 e. The number of hydrogen-bond donors (Lipinski definition) is 4. The van der Waals surface area contributed by atoms with Crippen LogP contribution in [0.3, 0.4) is 0 Å². The number of hydrogen-bond acceptors (Lipinski definition) is 29. The maximum absolute atomic E-state index is 15.6. The lowest BCUT2D eigenvalue weighted by Gasteiger charge is -2.67. The quantitative estimate of drug-likeness (QED) is 0.107. The summed E-state index contributed by atoms with van der Waals surface area (Å²) in [6.45, 7) is 20.8. The predicted octanol–water partition coefficient (Wildman–Crippen LogP) is 5.27. The molecule has 4 N–H and O–H groups in total. The van der Waals surface area contributed by atoms with Crippen LogP contribution in [0.2, 0.25) is 0 Å². The van der Waals surface area contributed by atoms with Gasteiger partial charge in [-0.25, -0.2) is 24.0 Å². The minimum absolute atomic E-state index is 0.0553. The molecule has 4 saturated heterocycles. The summed E-state index contributed by atoms with van der Waals surface area (Å²) in [5.41, 5.74) is -15.3. The molecule has 4 unspecified atom stereocenters. The van der Waals surface area contributed by atoms with E-state index in [4.69, 9.17) is 76.2 Å². The number of aliphatic hydroxyl groups excluding tert-OH is 3. The van der Waals surface area contributed by atoms with Crippen molar-refractivity contribution < 1.29 is 144 Å². The second kappa shape index (κ2) is 25.7. The highest BCUT2D eigenvalue weighted by Crippen LogP contribution is 2.69. The molecule has 0 amide bonds. The molecule has 0 aromatic heterocycles. The molecule has 30 nitrogen and oxygen atoms in total. The molecule has 4 aliphatic heterocycles. The summed E-state index contributed by atoms with van der Waals surface area (Å²) in [6.07, 6.45) is -22.1. The maximum atomic E-state index is 15.6. The van der Waals surface area contributed by atoms with Gasteiger partial charge in [-0.1, -0.05) is 64.1 Å². The number of ether oxygens (including phenoxy) is 14. The van der Waals surface area contributed by atoms with Gasteiger partial charge >= 0.3 is 54.3 Å². The average molecular weight is 1400 g/mol.